The fraction of sp³-hybridized carbons (Fsp3) is 1.00. The Morgan fingerprint density at radius 2 is 2.08 bits per heavy atom. The Labute approximate surface area is 74.1 Å². The summed E-state index contributed by atoms with van der Waals surface area (Å²) < 4.78 is 5.60. The third-order valence-corrected chi connectivity index (χ3v) is 2.60. The Bertz CT molecular complexity index is 159. The summed E-state index contributed by atoms with van der Waals surface area (Å²) in [6, 6.07) is 0.0358. The Hall–Kier alpha value is -0.120. The van der Waals surface area contributed by atoms with Crippen molar-refractivity contribution in [3.63, 3.8) is 0 Å². The van der Waals surface area contributed by atoms with Crippen molar-refractivity contribution in [3.8, 4) is 0 Å². The van der Waals surface area contributed by atoms with Crippen LogP contribution in [0.3, 0.4) is 0 Å². The van der Waals surface area contributed by atoms with E-state index < -0.39 is 5.60 Å². The molecule has 1 heterocycles. The predicted molar refractivity (Wildman–Crippen MR) is 48.1 cm³/mol. The number of hydrogen-bond donors (Lipinski definition) is 2. The Morgan fingerprint density at radius 1 is 1.50 bits per heavy atom. The number of aliphatic hydroxyl groups is 1. The molecule has 72 valence electrons. The van der Waals surface area contributed by atoms with Crippen LogP contribution in [-0.4, -0.2) is 36.0 Å². The quantitative estimate of drug-likeness (QED) is 0.607. The van der Waals surface area contributed by atoms with Crippen LogP contribution in [0.4, 0.5) is 0 Å². The van der Waals surface area contributed by atoms with Crippen molar-refractivity contribution in [1.29, 1.82) is 0 Å². The summed E-state index contributed by atoms with van der Waals surface area (Å²) in [5.74, 6) is 0. The maximum atomic E-state index is 10.0. The van der Waals surface area contributed by atoms with E-state index >= 15 is 0 Å². The summed E-state index contributed by atoms with van der Waals surface area (Å²) in [4.78, 5) is 0. The monoisotopic (exact) mass is 173 g/mol. The van der Waals surface area contributed by atoms with Gasteiger partial charge < -0.3 is 15.2 Å². The molecule has 4 unspecified atom stereocenters. The zero-order valence-electron chi connectivity index (χ0n) is 8.29. The average molecular weight is 173 g/mol. The highest BCUT2D eigenvalue weighted by Crippen LogP contribution is 2.28. The van der Waals surface area contributed by atoms with Gasteiger partial charge in [0.05, 0.1) is 23.9 Å². The average Bonchev–Trinajstić information content (AvgIpc) is 1.82. The van der Waals surface area contributed by atoms with E-state index in [1.807, 2.05) is 27.8 Å². The molecule has 0 amide bonds. The van der Waals surface area contributed by atoms with E-state index in [1.165, 1.54) is 0 Å². The number of likely N-dealkylation sites (N-methyl/N-ethyl adjacent to an activating group) is 1. The minimum atomic E-state index is -0.647. The first kappa shape index (κ1) is 9.96. The number of rotatable bonds is 1. The lowest BCUT2D eigenvalue weighted by Crippen LogP contribution is -2.59. The van der Waals surface area contributed by atoms with Crippen LogP contribution < -0.4 is 5.32 Å². The minimum Gasteiger partial charge on any atom is -0.388 e. The van der Waals surface area contributed by atoms with Gasteiger partial charge in [-0.1, -0.05) is 0 Å². The molecule has 0 aliphatic carbocycles. The molecule has 1 saturated heterocycles. The second-order valence-electron chi connectivity index (χ2n) is 3.98. The van der Waals surface area contributed by atoms with E-state index in [2.05, 4.69) is 5.32 Å². The van der Waals surface area contributed by atoms with Gasteiger partial charge in [0.1, 0.15) is 0 Å². The Balaban J connectivity index is 2.71. The van der Waals surface area contributed by atoms with E-state index in [1.54, 1.807) is 0 Å². The lowest BCUT2D eigenvalue weighted by atomic mass is 9.84. The van der Waals surface area contributed by atoms with E-state index in [-0.39, 0.29) is 18.2 Å². The molecular formula is C9H19NO2. The summed E-state index contributed by atoms with van der Waals surface area (Å²) in [6.45, 7) is 5.85. The Kier molecular flexibility index (Phi) is 2.76. The standard InChI is InChI=1S/C9H19NO2/c1-6-5-9(3,11)8(10-4)7(2)12-6/h6-8,10-11H,5H2,1-4H3. The predicted octanol–water partition coefficient (Wildman–Crippen LogP) is 0.523. The van der Waals surface area contributed by atoms with Gasteiger partial charge in [0.25, 0.3) is 0 Å². The first-order valence-electron chi connectivity index (χ1n) is 4.52. The molecular weight excluding hydrogens is 154 g/mol. The van der Waals surface area contributed by atoms with Crippen molar-refractivity contribution >= 4 is 0 Å². The van der Waals surface area contributed by atoms with Gasteiger partial charge in [0.2, 0.25) is 0 Å². The lowest BCUT2D eigenvalue weighted by Gasteiger charge is -2.43. The summed E-state index contributed by atoms with van der Waals surface area (Å²) >= 11 is 0. The van der Waals surface area contributed by atoms with Gasteiger partial charge in [-0.2, -0.15) is 0 Å². The molecule has 1 fully saturated rings. The van der Waals surface area contributed by atoms with Crippen molar-refractivity contribution in [2.24, 2.45) is 0 Å². The topological polar surface area (TPSA) is 41.5 Å². The van der Waals surface area contributed by atoms with E-state index in [9.17, 15) is 5.11 Å². The zero-order valence-corrected chi connectivity index (χ0v) is 8.29. The zero-order chi connectivity index (χ0) is 9.35. The molecule has 0 aromatic rings. The third kappa shape index (κ3) is 1.79. The van der Waals surface area contributed by atoms with Gasteiger partial charge in [-0.3, -0.25) is 0 Å². The molecule has 0 saturated carbocycles. The molecule has 1 aliphatic heterocycles. The molecule has 0 bridgehead atoms. The third-order valence-electron chi connectivity index (χ3n) is 2.60. The van der Waals surface area contributed by atoms with Gasteiger partial charge in [-0.25, -0.2) is 0 Å². The summed E-state index contributed by atoms with van der Waals surface area (Å²) in [5.41, 5.74) is -0.647. The summed E-state index contributed by atoms with van der Waals surface area (Å²) in [7, 11) is 1.86. The number of hydrogen-bond acceptors (Lipinski definition) is 3. The highest BCUT2D eigenvalue weighted by molar-refractivity contribution is 4.96. The van der Waals surface area contributed by atoms with Crippen LogP contribution in [0.5, 0.6) is 0 Å². The molecule has 0 spiro atoms. The van der Waals surface area contributed by atoms with Crippen LogP contribution in [0.1, 0.15) is 27.2 Å². The molecule has 1 aliphatic rings. The van der Waals surface area contributed by atoms with Crippen LogP contribution in [0.2, 0.25) is 0 Å². The smallest absolute Gasteiger partial charge is 0.0821 e. The van der Waals surface area contributed by atoms with E-state index in [4.69, 9.17) is 4.74 Å². The van der Waals surface area contributed by atoms with Crippen molar-refractivity contribution < 1.29 is 9.84 Å². The number of nitrogens with one attached hydrogen (secondary N) is 1. The highest BCUT2D eigenvalue weighted by atomic mass is 16.5. The van der Waals surface area contributed by atoms with Crippen LogP contribution in [0, 0.1) is 0 Å². The van der Waals surface area contributed by atoms with E-state index in [0.717, 1.165) is 0 Å². The molecule has 1 rings (SSSR count). The Morgan fingerprint density at radius 3 is 2.50 bits per heavy atom. The van der Waals surface area contributed by atoms with E-state index in [0.29, 0.717) is 6.42 Å². The van der Waals surface area contributed by atoms with Gasteiger partial charge >= 0.3 is 0 Å². The van der Waals surface area contributed by atoms with Crippen LogP contribution in [0.15, 0.2) is 0 Å². The molecule has 4 atom stereocenters. The van der Waals surface area contributed by atoms with Crippen molar-refractivity contribution in [2.75, 3.05) is 7.05 Å². The largest absolute Gasteiger partial charge is 0.388 e. The van der Waals surface area contributed by atoms with Crippen molar-refractivity contribution in [1.82, 2.24) is 5.32 Å². The first-order valence-corrected chi connectivity index (χ1v) is 4.52. The second-order valence-corrected chi connectivity index (χ2v) is 3.98. The van der Waals surface area contributed by atoms with Gasteiger partial charge in [0, 0.05) is 6.42 Å². The first-order chi connectivity index (χ1) is 5.47. The van der Waals surface area contributed by atoms with Gasteiger partial charge in [-0.05, 0) is 27.8 Å². The fourth-order valence-electron chi connectivity index (χ4n) is 2.25. The molecule has 0 radical (unpaired) electrons. The van der Waals surface area contributed by atoms with Crippen molar-refractivity contribution in [2.45, 2.75) is 51.0 Å². The fourth-order valence-corrected chi connectivity index (χ4v) is 2.25. The molecule has 0 aromatic heterocycles. The van der Waals surface area contributed by atoms with Gasteiger partial charge in [-0.15, -0.1) is 0 Å². The van der Waals surface area contributed by atoms with Gasteiger partial charge in [0.15, 0.2) is 0 Å². The lowest BCUT2D eigenvalue weighted by molar-refractivity contribution is -0.145. The minimum absolute atomic E-state index is 0.0358. The maximum absolute atomic E-state index is 10.0. The normalized spacial score (nSPS) is 49.2. The SMILES string of the molecule is CNC1C(C)OC(C)CC1(C)O. The number of ether oxygens (including phenoxy) is 1. The molecule has 0 aromatic carbocycles. The summed E-state index contributed by atoms with van der Waals surface area (Å²) in [6.07, 6.45) is 0.927. The molecule has 3 heteroatoms. The maximum Gasteiger partial charge on any atom is 0.0821 e. The second kappa shape index (κ2) is 3.32. The summed E-state index contributed by atoms with van der Waals surface area (Å²) in [5, 5.41) is 13.1. The molecule has 2 N–H and O–H groups in total. The molecule has 12 heavy (non-hydrogen) atoms. The van der Waals surface area contributed by atoms with Crippen LogP contribution in [-0.2, 0) is 4.74 Å². The highest BCUT2D eigenvalue weighted by Gasteiger charge is 2.41. The van der Waals surface area contributed by atoms with Crippen molar-refractivity contribution in [3.05, 3.63) is 0 Å². The molecule has 3 nitrogen and oxygen atoms in total. The van der Waals surface area contributed by atoms with Crippen LogP contribution >= 0.6 is 0 Å². The van der Waals surface area contributed by atoms with Crippen LogP contribution in [0.25, 0.3) is 0 Å².